The number of carbonyl (C=O) groups excluding carboxylic acids is 1. The van der Waals surface area contributed by atoms with Crippen LogP contribution in [0.5, 0.6) is 0 Å². The van der Waals surface area contributed by atoms with Crippen LogP contribution in [0.25, 0.3) is 0 Å². The second-order valence-electron chi connectivity index (χ2n) is 8.05. The number of nitrogens with one attached hydrogen (secondary N) is 1. The number of ether oxygens (including phenoxy) is 1. The van der Waals surface area contributed by atoms with Gasteiger partial charge in [0.15, 0.2) is 0 Å². The molecule has 0 aromatic heterocycles. The summed E-state index contributed by atoms with van der Waals surface area (Å²) in [5.41, 5.74) is 5.28. The molecule has 0 unspecified atom stereocenters. The minimum absolute atomic E-state index is 0.00512. The molecule has 156 valence electrons. The van der Waals surface area contributed by atoms with Crippen LogP contribution in [-0.4, -0.2) is 37.4 Å². The van der Waals surface area contributed by atoms with Gasteiger partial charge < -0.3 is 15.2 Å². The van der Waals surface area contributed by atoms with E-state index in [-0.39, 0.29) is 17.9 Å². The third kappa shape index (κ3) is 9.34. The first-order chi connectivity index (χ1) is 13.3. The minimum Gasteiger partial charge on any atom is -0.394 e. The quantitative estimate of drug-likeness (QED) is 0.326. The Bertz CT molecular complexity index is 663. The van der Waals surface area contributed by atoms with Crippen molar-refractivity contribution >= 4 is 5.91 Å². The van der Waals surface area contributed by atoms with Crippen LogP contribution in [0, 0.1) is 5.41 Å². The molecular formula is C24H37NO3. The lowest BCUT2D eigenvalue weighted by molar-refractivity contribution is -0.116. The SMILES string of the molecule is CC(C=CC1=C(C)CCCC1(C)C)=CC=CC(C)=CC(=O)NCCOCCO. The first-order valence-corrected chi connectivity index (χ1v) is 10.1. The van der Waals surface area contributed by atoms with E-state index in [1.807, 2.05) is 19.1 Å². The van der Waals surface area contributed by atoms with E-state index in [9.17, 15) is 4.79 Å². The van der Waals surface area contributed by atoms with Gasteiger partial charge in [-0.25, -0.2) is 0 Å². The zero-order valence-corrected chi connectivity index (χ0v) is 18.2. The van der Waals surface area contributed by atoms with Gasteiger partial charge in [0.05, 0.1) is 19.8 Å². The van der Waals surface area contributed by atoms with Crippen molar-refractivity contribution in [3.63, 3.8) is 0 Å². The van der Waals surface area contributed by atoms with Crippen LogP contribution in [0.3, 0.4) is 0 Å². The molecule has 1 aliphatic carbocycles. The summed E-state index contributed by atoms with van der Waals surface area (Å²) in [6.45, 7) is 12.0. The topological polar surface area (TPSA) is 58.6 Å². The summed E-state index contributed by atoms with van der Waals surface area (Å²) in [4.78, 5) is 11.8. The molecule has 0 saturated carbocycles. The molecule has 4 nitrogen and oxygen atoms in total. The van der Waals surface area contributed by atoms with Crippen LogP contribution in [0.15, 0.2) is 58.7 Å². The van der Waals surface area contributed by atoms with Crippen LogP contribution in [0.2, 0.25) is 0 Å². The van der Waals surface area contributed by atoms with Gasteiger partial charge in [-0.2, -0.15) is 0 Å². The highest BCUT2D eigenvalue weighted by atomic mass is 16.5. The van der Waals surface area contributed by atoms with E-state index in [2.05, 4.69) is 51.2 Å². The summed E-state index contributed by atoms with van der Waals surface area (Å²) in [5, 5.41) is 11.4. The Morgan fingerprint density at radius 1 is 1.21 bits per heavy atom. The van der Waals surface area contributed by atoms with E-state index in [1.165, 1.54) is 36.0 Å². The number of aliphatic hydroxyl groups excluding tert-OH is 1. The molecule has 0 bridgehead atoms. The minimum atomic E-state index is -0.141. The summed E-state index contributed by atoms with van der Waals surface area (Å²) in [7, 11) is 0. The number of rotatable bonds is 10. The number of carbonyl (C=O) groups is 1. The van der Waals surface area contributed by atoms with E-state index in [0.29, 0.717) is 19.8 Å². The van der Waals surface area contributed by atoms with Crippen LogP contribution in [-0.2, 0) is 9.53 Å². The van der Waals surface area contributed by atoms with E-state index < -0.39 is 0 Å². The molecule has 1 amide bonds. The lowest BCUT2D eigenvalue weighted by Gasteiger charge is -2.32. The number of allylic oxidation sites excluding steroid dienone is 9. The lowest BCUT2D eigenvalue weighted by atomic mass is 9.72. The fourth-order valence-corrected chi connectivity index (χ4v) is 3.35. The highest BCUT2D eigenvalue weighted by Crippen LogP contribution is 2.40. The summed E-state index contributed by atoms with van der Waals surface area (Å²) >= 11 is 0. The first kappa shape index (κ1) is 24.1. The van der Waals surface area contributed by atoms with Crippen molar-refractivity contribution in [2.45, 2.75) is 53.9 Å². The Labute approximate surface area is 170 Å². The maximum atomic E-state index is 11.8. The normalized spacial score (nSPS) is 18.4. The molecule has 1 aliphatic rings. The standard InChI is InChI=1S/C24H37NO3/c1-19(11-12-22-21(3)10-7-13-24(22,4)5)8-6-9-20(2)18-23(27)25-14-16-28-17-15-26/h6,8-9,11-12,18,26H,7,10,13-17H2,1-5H3,(H,25,27). The van der Waals surface area contributed by atoms with Crippen molar-refractivity contribution in [1.82, 2.24) is 5.32 Å². The molecule has 0 saturated heterocycles. The summed E-state index contributed by atoms with van der Waals surface area (Å²) < 4.78 is 5.10. The zero-order chi connectivity index (χ0) is 21.0. The fourth-order valence-electron chi connectivity index (χ4n) is 3.35. The molecular weight excluding hydrogens is 350 g/mol. The Morgan fingerprint density at radius 2 is 1.96 bits per heavy atom. The van der Waals surface area contributed by atoms with Gasteiger partial charge in [-0.3, -0.25) is 4.79 Å². The molecule has 0 aromatic rings. The highest BCUT2D eigenvalue weighted by molar-refractivity contribution is 5.88. The van der Waals surface area contributed by atoms with Crippen molar-refractivity contribution in [2.24, 2.45) is 5.41 Å². The van der Waals surface area contributed by atoms with Gasteiger partial charge in [-0.05, 0) is 56.6 Å². The molecule has 0 heterocycles. The maximum Gasteiger partial charge on any atom is 0.244 e. The fraction of sp³-hybridized carbons (Fsp3) is 0.542. The van der Waals surface area contributed by atoms with Crippen molar-refractivity contribution in [2.75, 3.05) is 26.4 Å². The van der Waals surface area contributed by atoms with Crippen LogP contribution in [0.1, 0.15) is 53.9 Å². The third-order valence-electron chi connectivity index (χ3n) is 4.91. The van der Waals surface area contributed by atoms with E-state index >= 15 is 0 Å². The predicted molar refractivity (Wildman–Crippen MR) is 117 cm³/mol. The number of hydrogen-bond donors (Lipinski definition) is 2. The van der Waals surface area contributed by atoms with Crippen molar-refractivity contribution in [3.8, 4) is 0 Å². The smallest absolute Gasteiger partial charge is 0.244 e. The second kappa shape index (κ2) is 12.5. The summed E-state index contributed by atoms with van der Waals surface area (Å²) in [6.07, 6.45) is 15.7. The molecule has 0 fully saturated rings. The largest absolute Gasteiger partial charge is 0.394 e. The average molecular weight is 388 g/mol. The average Bonchev–Trinajstić information content (AvgIpc) is 2.60. The van der Waals surface area contributed by atoms with Gasteiger partial charge in [0.1, 0.15) is 0 Å². The Kier molecular flexibility index (Phi) is 10.8. The van der Waals surface area contributed by atoms with Crippen LogP contribution < -0.4 is 5.32 Å². The molecule has 4 heteroatoms. The molecule has 0 spiro atoms. The van der Waals surface area contributed by atoms with Gasteiger partial charge in [-0.1, -0.05) is 55.4 Å². The molecule has 1 rings (SSSR count). The molecule has 0 atom stereocenters. The summed E-state index contributed by atoms with van der Waals surface area (Å²) in [6, 6.07) is 0. The van der Waals surface area contributed by atoms with Crippen molar-refractivity contribution in [3.05, 3.63) is 58.7 Å². The molecule has 2 N–H and O–H groups in total. The Morgan fingerprint density at radius 3 is 2.64 bits per heavy atom. The third-order valence-corrected chi connectivity index (χ3v) is 4.91. The van der Waals surface area contributed by atoms with Crippen LogP contribution in [0.4, 0.5) is 0 Å². The van der Waals surface area contributed by atoms with Gasteiger partial charge >= 0.3 is 0 Å². The number of aliphatic hydroxyl groups is 1. The van der Waals surface area contributed by atoms with Crippen molar-refractivity contribution < 1.29 is 14.6 Å². The van der Waals surface area contributed by atoms with Crippen molar-refractivity contribution in [1.29, 1.82) is 0 Å². The number of amides is 1. The monoisotopic (exact) mass is 387 g/mol. The molecule has 28 heavy (non-hydrogen) atoms. The highest BCUT2D eigenvalue weighted by Gasteiger charge is 2.26. The van der Waals surface area contributed by atoms with Gasteiger partial charge in [-0.15, -0.1) is 0 Å². The van der Waals surface area contributed by atoms with E-state index in [1.54, 1.807) is 6.08 Å². The molecule has 0 aromatic carbocycles. The zero-order valence-electron chi connectivity index (χ0n) is 18.2. The second-order valence-corrected chi connectivity index (χ2v) is 8.05. The number of hydrogen-bond acceptors (Lipinski definition) is 3. The lowest BCUT2D eigenvalue weighted by Crippen LogP contribution is -2.26. The Balaban J connectivity index is 2.55. The maximum absolute atomic E-state index is 11.8. The first-order valence-electron chi connectivity index (χ1n) is 10.1. The van der Waals surface area contributed by atoms with Gasteiger partial charge in [0.2, 0.25) is 5.91 Å². The van der Waals surface area contributed by atoms with E-state index in [4.69, 9.17) is 9.84 Å². The van der Waals surface area contributed by atoms with Crippen LogP contribution >= 0.6 is 0 Å². The Hall–Kier alpha value is -1.91. The van der Waals surface area contributed by atoms with Gasteiger partial charge in [0, 0.05) is 12.6 Å². The molecule has 0 radical (unpaired) electrons. The molecule has 0 aliphatic heterocycles. The predicted octanol–water partition coefficient (Wildman–Crippen LogP) is 4.64. The summed E-state index contributed by atoms with van der Waals surface area (Å²) in [5.74, 6) is -0.141. The van der Waals surface area contributed by atoms with E-state index in [0.717, 1.165) is 5.57 Å². The van der Waals surface area contributed by atoms with Gasteiger partial charge in [0.25, 0.3) is 0 Å².